The molecule has 0 atom stereocenters. The minimum Gasteiger partial charge on any atom is -0.339 e. The zero-order valence-electron chi connectivity index (χ0n) is 11.2. The molecule has 0 unspecified atom stereocenters. The van der Waals surface area contributed by atoms with Crippen molar-refractivity contribution in [3.63, 3.8) is 0 Å². The highest BCUT2D eigenvalue weighted by Crippen LogP contribution is 2.34. The van der Waals surface area contributed by atoms with Crippen molar-refractivity contribution in [2.75, 3.05) is 5.32 Å². The highest BCUT2D eigenvalue weighted by Gasteiger charge is 2.12. The smallest absolute Gasteiger partial charge is 0.142 e. The monoisotopic (exact) mass is 269 g/mol. The Kier molecular flexibility index (Phi) is 2.95. The lowest BCUT2D eigenvalue weighted by molar-refractivity contribution is 1.22. The van der Waals surface area contributed by atoms with E-state index in [2.05, 4.69) is 48.2 Å². The molecule has 3 aromatic rings. The lowest BCUT2D eigenvalue weighted by Crippen LogP contribution is -1.97. The third-order valence-electron chi connectivity index (χ3n) is 3.36. The number of aryl methyl sites for hydroxylation is 3. The number of hydrogen-bond donors (Lipinski definition) is 1. The highest BCUT2D eigenvalue weighted by atomic mass is 32.1. The maximum absolute atomic E-state index is 4.40. The molecule has 2 aromatic heterocycles. The molecule has 0 saturated carbocycles. The molecule has 0 spiro atoms. The summed E-state index contributed by atoms with van der Waals surface area (Å²) in [4.78, 5) is 11.1. The predicted octanol–water partition coefficient (Wildman–Crippen LogP) is 4.36. The Hall–Kier alpha value is -1.94. The summed E-state index contributed by atoms with van der Waals surface area (Å²) in [7, 11) is 0. The van der Waals surface area contributed by atoms with Gasteiger partial charge in [0.2, 0.25) is 0 Å². The van der Waals surface area contributed by atoms with Crippen molar-refractivity contribution >= 4 is 33.1 Å². The van der Waals surface area contributed by atoms with Crippen LogP contribution < -0.4 is 5.32 Å². The topological polar surface area (TPSA) is 37.8 Å². The second kappa shape index (κ2) is 4.63. The largest absolute Gasteiger partial charge is 0.339 e. The number of para-hydroxylation sites is 1. The zero-order valence-corrected chi connectivity index (χ0v) is 12.0. The van der Waals surface area contributed by atoms with E-state index < -0.39 is 0 Å². The number of fused-ring (bicyclic) bond motifs is 1. The normalized spacial score (nSPS) is 10.9. The molecule has 0 saturated heterocycles. The van der Waals surface area contributed by atoms with Crippen LogP contribution in [0, 0.1) is 20.8 Å². The molecular weight excluding hydrogens is 254 g/mol. The van der Waals surface area contributed by atoms with E-state index in [1.54, 1.807) is 17.7 Å². The van der Waals surface area contributed by atoms with E-state index in [-0.39, 0.29) is 0 Å². The van der Waals surface area contributed by atoms with Gasteiger partial charge in [-0.15, -0.1) is 11.3 Å². The van der Waals surface area contributed by atoms with E-state index >= 15 is 0 Å². The van der Waals surface area contributed by atoms with Crippen LogP contribution in [0.15, 0.2) is 30.6 Å². The van der Waals surface area contributed by atoms with E-state index in [1.165, 1.54) is 16.0 Å². The van der Waals surface area contributed by atoms with Crippen LogP contribution in [0.4, 0.5) is 11.5 Å². The number of aromatic nitrogens is 2. The molecule has 0 fully saturated rings. The van der Waals surface area contributed by atoms with E-state index in [1.807, 2.05) is 12.1 Å². The van der Waals surface area contributed by atoms with Crippen molar-refractivity contribution in [2.24, 2.45) is 0 Å². The average Bonchev–Trinajstić information content (AvgIpc) is 2.69. The Morgan fingerprint density at radius 1 is 1.05 bits per heavy atom. The second-order valence-corrected chi connectivity index (χ2v) is 5.83. The lowest BCUT2D eigenvalue weighted by Gasteiger charge is -2.09. The fourth-order valence-corrected chi connectivity index (χ4v) is 3.11. The second-order valence-electron chi connectivity index (χ2n) is 4.63. The van der Waals surface area contributed by atoms with Crippen molar-refractivity contribution in [2.45, 2.75) is 20.8 Å². The molecule has 0 bridgehead atoms. The van der Waals surface area contributed by atoms with E-state index in [4.69, 9.17) is 0 Å². The van der Waals surface area contributed by atoms with Crippen LogP contribution in [-0.4, -0.2) is 9.97 Å². The maximum atomic E-state index is 4.40. The quantitative estimate of drug-likeness (QED) is 0.751. The Labute approximate surface area is 116 Å². The van der Waals surface area contributed by atoms with Gasteiger partial charge in [-0.3, -0.25) is 0 Å². The van der Waals surface area contributed by atoms with E-state index in [0.717, 1.165) is 21.7 Å². The zero-order chi connectivity index (χ0) is 13.4. The Morgan fingerprint density at radius 3 is 2.63 bits per heavy atom. The molecule has 3 nitrogen and oxygen atoms in total. The van der Waals surface area contributed by atoms with E-state index in [9.17, 15) is 0 Å². The molecule has 96 valence electrons. The number of rotatable bonds is 2. The van der Waals surface area contributed by atoms with Crippen molar-refractivity contribution in [3.8, 4) is 0 Å². The van der Waals surface area contributed by atoms with Crippen molar-refractivity contribution < 1.29 is 0 Å². The first-order chi connectivity index (χ1) is 9.16. The minimum atomic E-state index is 0.890. The van der Waals surface area contributed by atoms with Gasteiger partial charge >= 0.3 is 0 Å². The number of benzene rings is 1. The summed E-state index contributed by atoms with van der Waals surface area (Å²) in [6.45, 7) is 6.34. The van der Waals surface area contributed by atoms with Gasteiger partial charge in [0.25, 0.3) is 0 Å². The first kappa shape index (κ1) is 12.1. The highest BCUT2D eigenvalue weighted by molar-refractivity contribution is 7.18. The van der Waals surface area contributed by atoms with Crippen LogP contribution in [0.2, 0.25) is 0 Å². The van der Waals surface area contributed by atoms with Gasteiger partial charge in [0.05, 0.1) is 5.39 Å². The van der Waals surface area contributed by atoms with Gasteiger partial charge in [-0.2, -0.15) is 0 Å². The van der Waals surface area contributed by atoms with Gasteiger partial charge in [0, 0.05) is 10.6 Å². The first-order valence-electron chi connectivity index (χ1n) is 6.20. The van der Waals surface area contributed by atoms with Gasteiger partial charge in [-0.1, -0.05) is 18.2 Å². The lowest BCUT2D eigenvalue weighted by atomic mass is 10.2. The molecule has 0 aliphatic rings. The fourth-order valence-electron chi connectivity index (χ4n) is 2.12. The fraction of sp³-hybridized carbons (Fsp3) is 0.200. The standard InChI is InChI=1S/C15H15N3S/c1-9-6-4-5-7-12(9)18-14-13-10(2)11(3)19-15(13)17-8-16-14/h4-8H,1-3H3,(H,16,17,18). The molecule has 0 radical (unpaired) electrons. The first-order valence-corrected chi connectivity index (χ1v) is 7.02. The van der Waals surface area contributed by atoms with Gasteiger partial charge in [-0.25, -0.2) is 9.97 Å². The van der Waals surface area contributed by atoms with Gasteiger partial charge in [-0.05, 0) is 38.0 Å². The third kappa shape index (κ3) is 2.08. The summed E-state index contributed by atoms with van der Waals surface area (Å²) in [6, 6.07) is 8.22. The summed E-state index contributed by atoms with van der Waals surface area (Å²) in [5.74, 6) is 0.890. The van der Waals surface area contributed by atoms with Crippen molar-refractivity contribution in [1.29, 1.82) is 0 Å². The molecule has 4 heteroatoms. The molecular formula is C15H15N3S. The van der Waals surface area contributed by atoms with Gasteiger partial charge < -0.3 is 5.32 Å². The number of thiophene rings is 1. The van der Waals surface area contributed by atoms with Crippen molar-refractivity contribution in [1.82, 2.24) is 9.97 Å². The number of anilines is 2. The van der Waals surface area contributed by atoms with Crippen LogP contribution in [-0.2, 0) is 0 Å². The molecule has 19 heavy (non-hydrogen) atoms. The SMILES string of the molecule is Cc1ccccc1Nc1ncnc2sc(C)c(C)c12. The Balaban J connectivity index is 2.13. The summed E-state index contributed by atoms with van der Waals surface area (Å²) in [5.41, 5.74) is 3.56. The Morgan fingerprint density at radius 2 is 1.84 bits per heavy atom. The summed E-state index contributed by atoms with van der Waals surface area (Å²) in [5, 5.41) is 4.56. The minimum absolute atomic E-state index is 0.890. The van der Waals surface area contributed by atoms with Gasteiger partial charge in [0.1, 0.15) is 17.0 Å². The summed E-state index contributed by atoms with van der Waals surface area (Å²) in [6.07, 6.45) is 1.62. The van der Waals surface area contributed by atoms with Gasteiger partial charge in [0.15, 0.2) is 0 Å². The predicted molar refractivity (Wildman–Crippen MR) is 81.4 cm³/mol. The maximum Gasteiger partial charge on any atom is 0.142 e. The molecule has 0 amide bonds. The van der Waals surface area contributed by atoms with Crippen LogP contribution >= 0.6 is 11.3 Å². The summed E-state index contributed by atoms with van der Waals surface area (Å²) >= 11 is 1.72. The molecule has 0 aliphatic heterocycles. The molecule has 1 N–H and O–H groups in total. The third-order valence-corrected chi connectivity index (χ3v) is 4.48. The van der Waals surface area contributed by atoms with Crippen LogP contribution in [0.3, 0.4) is 0 Å². The number of nitrogens with one attached hydrogen (secondary N) is 1. The summed E-state index contributed by atoms with van der Waals surface area (Å²) < 4.78 is 0. The number of hydrogen-bond acceptors (Lipinski definition) is 4. The molecule has 1 aromatic carbocycles. The average molecular weight is 269 g/mol. The van der Waals surface area contributed by atoms with Crippen molar-refractivity contribution in [3.05, 3.63) is 46.6 Å². The van der Waals surface area contributed by atoms with Crippen LogP contribution in [0.1, 0.15) is 16.0 Å². The molecule has 3 rings (SSSR count). The molecule has 2 heterocycles. The number of nitrogens with zero attached hydrogens (tertiary/aromatic N) is 2. The molecule has 0 aliphatic carbocycles. The Bertz CT molecular complexity index is 746. The van der Waals surface area contributed by atoms with Crippen LogP contribution in [0.25, 0.3) is 10.2 Å². The van der Waals surface area contributed by atoms with Crippen LogP contribution in [0.5, 0.6) is 0 Å². The van der Waals surface area contributed by atoms with E-state index in [0.29, 0.717) is 0 Å².